The second-order valence-corrected chi connectivity index (χ2v) is 8.69. The van der Waals surface area contributed by atoms with Crippen LogP contribution in [0, 0.1) is 6.92 Å². The van der Waals surface area contributed by atoms with Crippen LogP contribution in [-0.2, 0) is 10.0 Å². The van der Waals surface area contributed by atoms with E-state index in [1.54, 1.807) is 37.3 Å². The molecule has 2 aromatic carbocycles. The molecular formula is C20H23N3O4S. The van der Waals surface area contributed by atoms with Crippen molar-refractivity contribution in [3.63, 3.8) is 0 Å². The summed E-state index contributed by atoms with van der Waals surface area (Å²) in [5, 5.41) is 2.71. The zero-order chi connectivity index (χ0) is 20.3. The molecule has 148 valence electrons. The fraction of sp³-hybridized carbons (Fsp3) is 0.300. The SMILES string of the molecule is Cc1cc(NC(=O)c2cccc(S(=O)(=O)NC3CCCC3)c2)ccc1C(N)=O. The van der Waals surface area contributed by atoms with E-state index >= 15 is 0 Å². The Morgan fingerprint density at radius 3 is 2.43 bits per heavy atom. The number of nitrogens with two attached hydrogens (primary N) is 1. The Bertz CT molecular complexity index is 1010. The Hall–Kier alpha value is -2.71. The first kappa shape index (κ1) is 20.0. The fourth-order valence-corrected chi connectivity index (χ4v) is 4.71. The highest BCUT2D eigenvalue weighted by Crippen LogP contribution is 2.21. The van der Waals surface area contributed by atoms with E-state index in [2.05, 4.69) is 10.0 Å². The number of amides is 2. The van der Waals surface area contributed by atoms with E-state index in [1.165, 1.54) is 12.1 Å². The first-order valence-electron chi connectivity index (χ1n) is 9.10. The number of hydrogen-bond donors (Lipinski definition) is 3. The van der Waals surface area contributed by atoms with E-state index in [4.69, 9.17) is 5.73 Å². The normalized spacial score (nSPS) is 14.8. The van der Waals surface area contributed by atoms with E-state index in [0.29, 0.717) is 16.8 Å². The lowest BCUT2D eigenvalue weighted by Crippen LogP contribution is -2.32. The smallest absolute Gasteiger partial charge is 0.255 e. The van der Waals surface area contributed by atoms with E-state index in [0.717, 1.165) is 25.7 Å². The van der Waals surface area contributed by atoms with Crippen LogP contribution in [0.1, 0.15) is 52.0 Å². The summed E-state index contributed by atoms with van der Waals surface area (Å²) in [4.78, 5) is 23.9. The summed E-state index contributed by atoms with van der Waals surface area (Å²) in [5.74, 6) is -0.979. The molecule has 28 heavy (non-hydrogen) atoms. The molecule has 2 aromatic rings. The van der Waals surface area contributed by atoms with Gasteiger partial charge in [0.25, 0.3) is 5.91 Å². The number of sulfonamides is 1. The van der Waals surface area contributed by atoms with Gasteiger partial charge in [-0.05, 0) is 61.7 Å². The third-order valence-corrected chi connectivity index (χ3v) is 6.35. The van der Waals surface area contributed by atoms with Gasteiger partial charge in [0.2, 0.25) is 15.9 Å². The lowest BCUT2D eigenvalue weighted by Gasteiger charge is -2.13. The average Bonchev–Trinajstić information content (AvgIpc) is 3.14. The number of carbonyl (C=O) groups excluding carboxylic acids is 2. The van der Waals surface area contributed by atoms with Crippen molar-refractivity contribution in [3.05, 3.63) is 59.2 Å². The number of hydrogen-bond acceptors (Lipinski definition) is 4. The van der Waals surface area contributed by atoms with Crippen LogP contribution < -0.4 is 15.8 Å². The van der Waals surface area contributed by atoms with Crippen LogP contribution in [0.25, 0.3) is 0 Å². The van der Waals surface area contributed by atoms with E-state index in [-0.39, 0.29) is 16.5 Å². The zero-order valence-electron chi connectivity index (χ0n) is 15.6. The van der Waals surface area contributed by atoms with Gasteiger partial charge < -0.3 is 11.1 Å². The van der Waals surface area contributed by atoms with E-state index in [1.807, 2.05) is 0 Å². The average molecular weight is 401 g/mol. The standard InChI is InChI=1S/C20H23N3O4S/c1-13-11-16(9-10-18(13)19(21)24)22-20(25)14-5-4-8-17(12-14)28(26,27)23-15-6-2-3-7-15/h4-5,8-12,15,23H,2-3,6-7H2,1H3,(H2,21,24)(H,22,25). The summed E-state index contributed by atoms with van der Waals surface area (Å²) in [6, 6.07) is 10.6. The Labute approximate surface area is 164 Å². The minimum absolute atomic E-state index is 0.0470. The molecule has 1 fully saturated rings. The predicted octanol–water partition coefficient (Wildman–Crippen LogP) is 2.57. The van der Waals surface area contributed by atoms with Gasteiger partial charge >= 0.3 is 0 Å². The molecule has 0 atom stereocenters. The summed E-state index contributed by atoms with van der Waals surface area (Å²) in [7, 11) is -3.68. The van der Waals surface area contributed by atoms with Crippen molar-refractivity contribution in [3.8, 4) is 0 Å². The van der Waals surface area contributed by atoms with E-state index < -0.39 is 21.8 Å². The maximum absolute atomic E-state index is 12.6. The highest BCUT2D eigenvalue weighted by atomic mass is 32.2. The van der Waals surface area contributed by atoms with Gasteiger partial charge in [-0.25, -0.2) is 13.1 Å². The van der Waals surface area contributed by atoms with Gasteiger partial charge in [-0.3, -0.25) is 9.59 Å². The number of nitrogens with one attached hydrogen (secondary N) is 2. The molecular weight excluding hydrogens is 378 g/mol. The molecule has 0 bridgehead atoms. The van der Waals surface area contributed by atoms with Crippen molar-refractivity contribution in [2.45, 2.75) is 43.5 Å². The Morgan fingerprint density at radius 2 is 1.79 bits per heavy atom. The van der Waals surface area contributed by atoms with Gasteiger partial charge in [0.05, 0.1) is 4.90 Å². The van der Waals surface area contributed by atoms with Crippen LogP contribution in [-0.4, -0.2) is 26.3 Å². The Morgan fingerprint density at radius 1 is 1.07 bits per heavy atom. The summed E-state index contributed by atoms with van der Waals surface area (Å²) in [5.41, 5.74) is 7.02. The van der Waals surface area contributed by atoms with Gasteiger partial charge in [0.15, 0.2) is 0 Å². The molecule has 0 radical (unpaired) electrons. The number of carbonyl (C=O) groups is 2. The van der Waals surface area contributed by atoms with Gasteiger partial charge in [-0.1, -0.05) is 18.9 Å². The molecule has 3 rings (SSSR count). The maximum atomic E-state index is 12.6. The van der Waals surface area contributed by atoms with Crippen LogP contribution in [0.3, 0.4) is 0 Å². The van der Waals surface area contributed by atoms with Crippen LogP contribution in [0.4, 0.5) is 5.69 Å². The summed E-state index contributed by atoms with van der Waals surface area (Å²) in [6.45, 7) is 1.72. The monoisotopic (exact) mass is 401 g/mol. The molecule has 1 aliphatic carbocycles. The Balaban J connectivity index is 1.77. The number of aryl methyl sites for hydroxylation is 1. The topological polar surface area (TPSA) is 118 Å². The van der Waals surface area contributed by atoms with Crippen molar-refractivity contribution in [1.82, 2.24) is 4.72 Å². The quantitative estimate of drug-likeness (QED) is 0.689. The molecule has 1 aliphatic rings. The van der Waals surface area contributed by atoms with Gasteiger partial charge in [0.1, 0.15) is 0 Å². The molecule has 0 unspecified atom stereocenters. The minimum Gasteiger partial charge on any atom is -0.366 e. The molecule has 8 heteroatoms. The third kappa shape index (κ3) is 4.58. The van der Waals surface area contributed by atoms with Gasteiger partial charge in [0, 0.05) is 22.9 Å². The van der Waals surface area contributed by atoms with E-state index in [9.17, 15) is 18.0 Å². The highest BCUT2D eigenvalue weighted by molar-refractivity contribution is 7.89. The van der Waals surface area contributed by atoms with Gasteiger partial charge in [-0.15, -0.1) is 0 Å². The van der Waals surface area contributed by atoms with Crippen LogP contribution in [0.2, 0.25) is 0 Å². The van der Waals surface area contributed by atoms with Crippen LogP contribution >= 0.6 is 0 Å². The van der Waals surface area contributed by atoms with Crippen molar-refractivity contribution < 1.29 is 18.0 Å². The molecule has 0 aliphatic heterocycles. The third-order valence-electron chi connectivity index (χ3n) is 4.83. The number of rotatable bonds is 6. The van der Waals surface area contributed by atoms with Crippen LogP contribution in [0.15, 0.2) is 47.4 Å². The van der Waals surface area contributed by atoms with Crippen LogP contribution in [0.5, 0.6) is 0 Å². The van der Waals surface area contributed by atoms with Crippen molar-refractivity contribution in [1.29, 1.82) is 0 Å². The molecule has 2 amide bonds. The van der Waals surface area contributed by atoms with Crippen molar-refractivity contribution in [2.75, 3.05) is 5.32 Å². The largest absolute Gasteiger partial charge is 0.366 e. The maximum Gasteiger partial charge on any atom is 0.255 e. The number of benzene rings is 2. The first-order chi connectivity index (χ1) is 13.3. The molecule has 0 heterocycles. The predicted molar refractivity (Wildman–Crippen MR) is 107 cm³/mol. The molecule has 0 spiro atoms. The minimum atomic E-state index is -3.68. The highest BCUT2D eigenvalue weighted by Gasteiger charge is 2.23. The second-order valence-electron chi connectivity index (χ2n) is 6.98. The van der Waals surface area contributed by atoms with Gasteiger partial charge in [-0.2, -0.15) is 0 Å². The summed E-state index contributed by atoms with van der Waals surface area (Å²) in [6.07, 6.45) is 3.70. The second kappa shape index (κ2) is 8.12. The molecule has 0 saturated heterocycles. The molecule has 4 N–H and O–H groups in total. The zero-order valence-corrected chi connectivity index (χ0v) is 16.4. The number of primary amides is 1. The summed E-state index contributed by atoms with van der Waals surface area (Å²) < 4.78 is 27.9. The molecule has 1 saturated carbocycles. The lowest BCUT2D eigenvalue weighted by molar-refractivity contribution is 0.0997. The van der Waals surface area contributed by atoms with Crippen molar-refractivity contribution >= 4 is 27.5 Å². The fourth-order valence-electron chi connectivity index (χ4n) is 3.36. The molecule has 7 nitrogen and oxygen atoms in total. The summed E-state index contributed by atoms with van der Waals surface area (Å²) >= 11 is 0. The lowest BCUT2D eigenvalue weighted by atomic mass is 10.1. The van der Waals surface area contributed by atoms with Crippen molar-refractivity contribution in [2.24, 2.45) is 5.73 Å². The number of anilines is 1. The first-order valence-corrected chi connectivity index (χ1v) is 10.6. The molecule has 0 aromatic heterocycles. The Kier molecular flexibility index (Phi) is 5.81.